The predicted octanol–water partition coefficient (Wildman–Crippen LogP) is 3.53. The van der Waals surface area contributed by atoms with Gasteiger partial charge in [0, 0.05) is 23.7 Å². The zero-order valence-corrected chi connectivity index (χ0v) is 15.8. The molecule has 1 heterocycles. The summed E-state index contributed by atoms with van der Waals surface area (Å²) in [5, 5.41) is 3.15. The Morgan fingerprint density at radius 3 is 2.50 bits per heavy atom. The van der Waals surface area contributed by atoms with Crippen molar-refractivity contribution >= 4 is 38.1 Å². The standard InChI is InChI=1S/C18H17N3O3S2/c1-13-12-19-18(25-13)20-17(22)14-7-6-10-16(11-14)26(23,24)21(2)15-8-4-3-5-9-15/h3-12H,1-2H3,(H,19,20,22). The second-order valence-corrected chi connectivity index (χ2v) is 8.77. The molecule has 0 aliphatic heterocycles. The van der Waals surface area contributed by atoms with Gasteiger partial charge >= 0.3 is 0 Å². The molecule has 0 radical (unpaired) electrons. The average Bonchev–Trinajstić information content (AvgIpc) is 3.06. The minimum Gasteiger partial charge on any atom is -0.298 e. The van der Waals surface area contributed by atoms with Gasteiger partial charge in [0.25, 0.3) is 15.9 Å². The largest absolute Gasteiger partial charge is 0.298 e. The zero-order valence-electron chi connectivity index (χ0n) is 14.2. The first kappa shape index (κ1) is 18.1. The number of aryl methyl sites for hydroxylation is 1. The highest BCUT2D eigenvalue weighted by molar-refractivity contribution is 7.92. The van der Waals surface area contributed by atoms with Crippen molar-refractivity contribution in [2.45, 2.75) is 11.8 Å². The fourth-order valence-corrected chi connectivity index (χ4v) is 4.22. The van der Waals surface area contributed by atoms with E-state index in [1.54, 1.807) is 42.6 Å². The lowest BCUT2D eigenvalue weighted by Crippen LogP contribution is -2.26. The highest BCUT2D eigenvalue weighted by Gasteiger charge is 2.22. The van der Waals surface area contributed by atoms with Crippen LogP contribution in [0, 0.1) is 6.92 Å². The number of carbonyl (C=O) groups excluding carboxylic acids is 1. The molecule has 1 amide bonds. The summed E-state index contributed by atoms with van der Waals surface area (Å²) in [6.07, 6.45) is 1.66. The van der Waals surface area contributed by atoms with E-state index in [1.165, 1.54) is 34.8 Å². The molecule has 0 aliphatic carbocycles. The molecule has 0 fully saturated rings. The van der Waals surface area contributed by atoms with Crippen molar-refractivity contribution in [2.75, 3.05) is 16.7 Å². The van der Waals surface area contributed by atoms with Crippen molar-refractivity contribution in [1.82, 2.24) is 4.98 Å². The minimum atomic E-state index is -3.78. The van der Waals surface area contributed by atoms with Gasteiger partial charge in [-0.2, -0.15) is 0 Å². The summed E-state index contributed by atoms with van der Waals surface area (Å²) in [6.45, 7) is 1.89. The Morgan fingerprint density at radius 1 is 1.12 bits per heavy atom. The van der Waals surface area contributed by atoms with Crippen LogP contribution < -0.4 is 9.62 Å². The van der Waals surface area contributed by atoms with Crippen LogP contribution in [0.3, 0.4) is 0 Å². The van der Waals surface area contributed by atoms with Crippen molar-refractivity contribution in [3.63, 3.8) is 0 Å². The number of hydrogen-bond acceptors (Lipinski definition) is 5. The third-order valence-corrected chi connectivity index (χ3v) is 6.33. The van der Waals surface area contributed by atoms with E-state index in [-0.39, 0.29) is 10.5 Å². The monoisotopic (exact) mass is 387 g/mol. The van der Waals surface area contributed by atoms with E-state index in [1.807, 2.05) is 13.0 Å². The van der Waals surface area contributed by atoms with E-state index >= 15 is 0 Å². The average molecular weight is 387 g/mol. The molecule has 3 aromatic rings. The maximum atomic E-state index is 12.9. The summed E-state index contributed by atoms with van der Waals surface area (Å²) < 4.78 is 26.9. The van der Waals surface area contributed by atoms with Crippen LogP contribution in [0.4, 0.5) is 10.8 Å². The van der Waals surface area contributed by atoms with E-state index in [0.29, 0.717) is 10.8 Å². The van der Waals surface area contributed by atoms with Gasteiger partial charge in [-0.1, -0.05) is 24.3 Å². The predicted molar refractivity (Wildman–Crippen MR) is 103 cm³/mol. The minimum absolute atomic E-state index is 0.0480. The Kier molecular flexibility index (Phi) is 5.06. The molecule has 26 heavy (non-hydrogen) atoms. The summed E-state index contributed by atoms with van der Waals surface area (Å²) in [7, 11) is -2.29. The topological polar surface area (TPSA) is 79.4 Å². The fraction of sp³-hybridized carbons (Fsp3) is 0.111. The number of benzene rings is 2. The molecule has 6 nitrogen and oxygen atoms in total. The number of para-hydroxylation sites is 1. The Labute approximate surface area is 156 Å². The smallest absolute Gasteiger partial charge is 0.264 e. The third-order valence-electron chi connectivity index (χ3n) is 3.72. The van der Waals surface area contributed by atoms with E-state index in [2.05, 4.69) is 10.3 Å². The van der Waals surface area contributed by atoms with E-state index in [4.69, 9.17) is 0 Å². The van der Waals surface area contributed by atoms with Crippen LogP contribution in [0.15, 0.2) is 65.7 Å². The number of hydrogen-bond donors (Lipinski definition) is 1. The molecule has 0 aliphatic rings. The number of aromatic nitrogens is 1. The molecule has 0 spiro atoms. The van der Waals surface area contributed by atoms with Crippen molar-refractivity contribution in [3.8, 4) is 0 Å². The van der Waals surface area contributed by atoms with E-state index in [0.717, 1.165) is 4.88 Å². The molecule has 134 valence electrons. The molecule has 8 heteroatoms. The van der Waals surface area contributed by atoms with Gasteiger partial charge in [-0.25, -0.2) is 13.4 Å². The second kappa shape index (κ2) is 7.27. The van der Waals surface area contributed by atoms with Gasteiger partial charge in [0.15, 0.2) is 5.13 Å². The van der Waals surface area contributed by atoms with Crippen LogP contribution in [-0.4, -0.2) is 26.4 Å². The summed E-state index contributed by atoms with van der Waals surface area (Å²) in [5.41, 5.74) is 0.793. The van der Waals surface area contributed by atoms with Crippen LogP contribution in [-0.2, 0) is 10.0 Å². The molecular weight excluding hydrogens is 370 g/mol. The third kappa shape index (κ3) is 3.76. The summed E-state index contributed by atoms with van der Waals surface area (Å²) in [4.78, 5) is 17.5. The Hall–Kier alpha value is -2.71. The number of rotatable bonds is 5. The number of sulfonamides is 1. The number of nitrogens with zero attached hydrogens (tertiary/aromatic N) is 2. The normalized spacial score (nSPS) is 11.2. The number of thiazole rings is 1. The molecular formula is C18H17N3O3S2. The molecule has 0 unspecified atom stereocenters. The Bertz CT molecular complexity index is 1030. The van der Waals surface area contributed by atoms with Crippen LogP contribution in [0.25, 0.3) is 0 Å². The molecule has 0 saturated carbocycles. The lowest BCUT2D eigenvalue weighted by Gasteiger charge is -2.19. The number of amides is 1. The van der Waals surface area contributed by atoms with Gasteiger partial charge in [0.2, 0.25) is 0 Å². The fourth-order valence-electron chi connectivity index (χ4n) is 2.31. The number of nitrogens with one attached hydrogen (secondary N) is 1. The van der Waals surface area contributed by atoms with Gasteiger partial charge in [-0.3, -0.25) is 14.4 Å². The lowest BCUT2D eigenvalue weighted by atomic mass is 10.2. The molecule has 1 N–H and O–H groups in total. The maximum Gasteiger partial charge on any atom is 0.264 e. The van der Waals surface area contributed by atoms with Gasteiger partial charge in [-0.05, 0) is 37.3 Å². The molecule has 3 rings (SSSR count). The van der Waals surface area contributed by atoms with Crippen LogP contribution in [0.2, 0.25) is 0 Å². The van der Waals surface area contributed by atoms with Gasteiger partial charge in [0.05, 0.1) is 10.6 Å². The second-order valence-electron chi connectivity index (χ2n) is 5.57. The van der Waals surface area contributed by atoms with Crippen molar-refractivity contribution in [2.24, 2.45) is 0 Å². The van der Waals surface area contributed by atoms with Crippen molar-refractivity contribution in [1.29, 1.82) is 0 Å². The van der Waals surface area contributed by atoms with Crippen LogP contribution in [0.5, 0.6) is 0 Å². The van der Waals surface area contributed by atoms with Crippen LogP contribution >= 0.6 is 11.3 Å². The Morgan fingerprint density at radius 2 is 1.85 bits per heavy atom. The molecule has 1 aromatic heterocycles. The maximum absolute atomic E-state index is 12.9. The highest BCUT2D eigenvalue weighted by atomic mass is 32.2. The molecule has 2 aromatic carbocycles. The van der Waals surface area contributed by atoms with Gasteiger partial charge in [0.1, 0.15) is 0 Å². The molecule has 0 atom stereocenters. The van der Waals surface area contributed by atoms with Crippen molar-refractivity contribution in [3.05, 3.63) is 71.2 Å². The van der Waals surface area contributed by atoms with E-state index in [9.17, 15) is 13.2 Å². The van der Waals surface area contributed by atoms with Crippen molar-refractivity contribution < 1.29 is 13.2 Å². The quantitative estimate of drug-likeness (QED) is 0.726. The number of anilines is 2. The summed E-state index contributed by atoms with van der Waals surface area (Å²) in [6, 6.07) is 14.7. The summed E-state index contributed by atoms with van der Waals surface area (Å²) >= 11 is 1.35. The first-order chi connectivity index (χ1) is 12.4. The SMILES string of the molecule is Cc1cnc(NC(=O)c2cccc(S(=O)(=O)N(C)c3ccccc3)c2)s1. The van der Waals surface area contributed by atoms with E-state index < -0.39 is 15.9 Å². The lowest BCUT2D eigenvalue weighted by molar-refractivity contribution is 0.102. The molecule has 0 saturated heterocycles. The summed E-state index contributed by atoms with van der Waals surface area (Å²) in [5.74, 6) is -0.404. The molecule has 0 bridgehead atoms. The first-order valence-corrected chi connectivity index (χ1v) is 10.0. The zero-order chi connectivity index (χ0) is 18.7. The van der Waals surface area contributed by atoms with Crippen LogP contribution in [0.1, 0.15) is 15.2 Å². The van der Waals surface area contributed by atoms with Gasteiger partial charge in [-0.15, -0.1) is 11.3 Å². The van der Waals surface area contributed by atoms with Gasteiger partial charge < -0.3 is 0 Å². The Balaban J connectivity index is 1.87. The first-order valence-electron chi connectivity index (χ1n) is 7.76. The highest BCUT2D eigenvalue weighted by Crippen LogP contribution is 2.23. The number of carbonyl (C=O) groups is 1.